The third-order valence-electron chi connectivity index (χ3n) is 10.1. The van der Waals surface area contributed by atoms with Crippen LogP contribution in [0.1, 0.15) is 0 Å². The van der Waals surface area contributed by atoms with E-state index in [0.717, 1.165) is 56.1 Å². The van der Waals surface area contributed by atoms with Crippen LogP contribution < -0.4 is 9.80 Å². The molecule has 2 heterocycles. The third-order valence-corrected chi connectivity index (χ3v) is 11.2. The van der Waals surface area contributed by atoms with Gasteiger partial charge < -0.3 is 14.2 Å². The quantitative estimate of drug-likeness (QED) is 0.157. The predicted octanol–water partition coefficient (Wildman–Crippen LogP) is 15.1. The van der Waals surface area contributed by atoms with E-state index in [4.69, 9.17) is 4.42 Å². The van der Waals surface area contributed by atoms with Gasteiger partial charge in [0.25, 0.3) is 0 Å². The smallest absolute Gasteiger partial charge is 0.154 e. The lowest BCUT2D eigenvalue weighted by Gasteiger charge is -2.25. The van der Waals surface area contributed by atoms with Gasteiger partial charge in [-0.3, -0.25) is 0 Å². The van der Waals surface area contributed by atoms with E-state index in [-0.39, 0.29) is 0 Å². The summed E-state index contributed by atoms with van der Waals surface area (Å²) in [5.41, 5.74) is 13.2. The van der Waals surface area contributed by atoms with E-state index in [0.29, 0.717) is 0 Å². The fourth-order valence-corrected chi connectivity index (χ4v) is 8.62. The van der Waals surface area contributed by atoms with Gasteiger partial charge in [0.2, 0.25) is 0 Å². The van der Waals surface area contributed by atoms with Gasteiger partial charge in [0, 0.05) is 55.7 Å². The molecular formula is C50H34N2OS. The van der Waals surface area contributed by atoms with Crippen molar-refractivity contribution in [1.29, 1.82) is 0 Å². The molecular weight excluding hydrogens is 677 g/mol. The molecule has 0 atom stereocenters. The van der Waals surface area contributed by atoms with Crippen LogP contribution in [0.5, 0.6) is 0 Å². The van der Waals surface area contributed by atoms with Crippen LogP contribution in [0.25, 0.3) is 53.6 Å². The van der Waals surface area contributed by atoms with Crippen LogP contribution >= 0.6 is 11.3 Å². The molecule has 0 aliphatic carbocycles. The summed E-state index contributed by atoms with van der Waals surface area (Å²) in [6.45, 7) is 0. The number of rotatable bonds is 8. The molecule has 0 fully saturated rings. The second-order valence-electron chi connectivity index (χ2n) is 13.4. The Morgan fingerprint density at radius 2 is 0.722 bits per heavy atom. The van der Waals surface area contributed by atoms with Gasteiger partial charge in [0.15, 0.2) is 5.58 Å². The fraction of sp³-hybridized carbons (Fsp3) is 0. The largest absolute Gasteiger partial charge is 0.454 e. The summed E-state index contributed by atoms with van der Waals surface area (Å²) in [6.07, 6.45) is 0. The molecule has 0 aliphatic rings. The Balaban J connectivity index is 1.02. The zero-order chi connectivity index (χ0) is 35.8. The maximum absolute atomic E-state index is 6.74. The normalized spacial score (nSPS) is 11.3. The number of hydrogen-bond donors (Lipinski definition) is 0. The van der Waals surface area contributed by atoms with E-state index in [2.05, 4.69) is 216 Å². The Labute approximate surface area is 318 Å². The minimum Gasteiger partial charge on any atom is -0.454 e. The number of benzene rings is 8. The standard InChI is InChI=1S/C50H34N2OS/c1-5-13-35(14-6-1)37-21-25-41(26-22-37)51(39-17-9-3-10-18-39)43-29-31-45-47(33-43)53-49-46-32-30-44(34-48(46)54-50(45)49)52(40-19-11-4-12-20-40)42-27-23-38(24-28-42)36-15-7-2-8-16-36/h1-34H. The van der Waals surface area contributed by atoms with Crippen LogP contribution in [0, 0.1) is 0 Å². The molecule has 54 heavy (non-hydrogen) atoms. The van der Waals surface area contributed by atoms with Crippen molar-refractivity contribution >= 4 is 76.8 Å². The molecule has 4 heteroatoms. The molecule has 0 amide bonds. The van der Waals surface area contributed by atoms with Gasteiger partial charge in [-0.2, -0.15) is 0 Å². The van der Waals surface area contributed by atoms with Crippen molar-refractivity contribution in [3.8, 4) is 22.3 Å². The van der Waals surface area contributed by atoms with Crippen molar-refractivity contribution in [3.05, 3.63) is 206 Å². The van der Waals surface area contributed by atoms with Gasteiger partial charge in [-0.15, -0.1) is 11.3 Å². The Morgan fingerprint density at radius 3 is 1.22 bits per heavy atom. The van der Waals surface area contributed by atoms with Crippen LogP contribution in [0.15, 0.2) is 211 Å². The third kappa shape index (κ3) is 5.79. The van der Waals surface area contributed by atoms with E-state index >= 15 is 0 Å². The van der Waals surface area contributed by atoms with Gasteiger partial charge in [-0.25, -0.2) is 0 Å². The van der Waals surface area contributed by atoms with E-state index in [1.165, 1.54) is 31.7 Å². The number of hydrogen-bond acceptors (Lipinski definition) is 4. The van der Waals surface area contributed by atoms with Gasteiger partial charge in [0.05, 0.1) is 4.70 Å². The molecule has 10 aromatic rings. The molecule has 0 saturated heterocycles. The van der Waals surface area contributed by atoms with Crippen molar-refractivity contribution in [2.24, 2.45) is 0 Å². The highest BCUT2D eigenvalue weighted by Gasteiger charge is 2.20. The minimum atomic E-state index is 0.881. The maximum atomic E-state index is 6.74. The second kappa shape index (κ2) is 13.6. The van der Waals surface area contributed by atoms with E-state index in [1.807, 2.05) is 0 Å². The Bertz CT molecular complexity index is 2650. The highest BCUT2D eigenvalue weighted by molar-refractivity contribution is 7.26. The Morgan fingerprint density at radius 1 is 0.333 bits per heavy atom. The maximum Gasteiger partial charge on any atom is 0.154 e. The zero-order valence-electron chi connectivity index (χ0n) is 29.3. The van der Waals surface area contributed by atoms with Crippen LogP contribution in [0.4, 0.5) is 34.1 Å². The summed E-state index contributed by atoms with van der Waals surface area (Å²) in [4.78, 5) is 4.62. The summed E-state index contributed by atoms with van der Waals surface area (Å²) in [6, 6.07) is 73.1. The second-order valence-corrected chi connectivity index (χ2v) is 14.4. The van der Waals surface area contributed by atoms with Gasteiger partial charge in [-0.05, 0) is 101 Å². The first-order valence-electron chi connectivity index (χ1n) is 18.2. The lowest BCUT2D eigenvalue weighted by Crippen LogP contribution is -2.09. The molecule has 3 nitrogen and oxygen atoms in total. The first-order chi connectivity index (χ1) is 26.8. The van der Waals surface area contributed by atoms with Crippen LogP contribution in [-0.2, 0) is 0 Å². The first kappa shape index (κ1) is 31.8. The predicted molar refractivity (Wildman–Crippen MR) is 229 cm³/mol. The Hall–Kier alpha value is -6.88. The topological polar surface area (TPSA) is 19.6 Å². The van der Waals surface area contributed by atoms with Crippen LogP contribution in [-0.4, -0.2) is 0 Å². The van der Waals surface area contributed by atoms with Gasteiger partial charge in [0.1, 0.15) is 5.58 Å². The van der Waals surface area contributed by atoms with Crippen molar-refractivity contribution in [3.63, 3.8) is 0 Å². The summed E-state index contributed by atoms with van der Waals surface area (Å²) in [5, 5.41) is 2.25. The number of nitrogens with zero attached hydrogens (tertiary/aromatic N) is 2. The lowest BCUT2D eigenvalue weighted by molar-refractivity contribution is 0.673. The molecule has 8 aromatic carbocycles. The van der Waals surface area contributed by atoms with Crippen molar-refractivity contribution in [1.82, 2.24) is 0 Å². The minimum absolute atomic E-state index is 0.881. The summed E-state index contributed by atoms with van der Waals surface area (Å²) in [7, 11) is 0. The summed E-state index contributed by atoms with van der Waals surface area (Å²) < 4.78 is 9.10. The zero-order valence-corrected chi connectivity index (χ0v) is 30.2. The first-order valence-corrected chi connectivity index (χ1v) is 19.0. The average Bonchev–Trinajstić information content (AvgIpc) is 3.78. The van der Waals surface area contributed by atoms with Crippen LogP contribution in [0.2, 0.25) is 0 Å². The molecule has 10 rings (SSSR count). The fourth-order valence-electron chi connectivity index (χ4n) is 7.43. The number of furan rings is 1. The summed E-state index contributed by atoms with van der Waals surface area (Å²) >= 11 is 1.79. The number of thiophene rings is 1. The molecule has 0 saturated carbocycles. The number of para-hydroxylation sites is 2. The molecule has 0 unspecified atom stereocenters. The van der Waals surface area contributed by atoms with Crippen molar-refractivity contribution < 1.29 is 4.42 Å². The van der Waals surface area contributed by atoms with Crippen molar-refractivity contribution in [2.75, 3.05) is 9.80 Å². The van der Waals surface area contributed by atoms with E-state index in [1.54, 1.807) is 11.3 Å². The average molecular weight is 711 g/mol. The Kier molecular flexibility index (Phi) is 8.01. The molecule has 0 spiro atoms. The lowest BCUT2D eigenvalue weighted by atomic mass is 10.0. The molecule has 0 N–H and O–H groups in total. The van der Waals surface area contributed by atoms with Gasteiger partial charge in [-0.1, -0.05) is 121 Å². The monoisotopic (exact) mass is 710 g/mol. The van der Waals surface area contributed by atoms with Crippen molar-refractivity contribution in [2.45, 2.75) is 0 Å². The molecule has 0 aliphatic heterocycles. The van der Waals surface area contributed by atoms with Crippen LogP contribution in [0.3, 0.4) is 0 Å². The SMILES string of the molecule is c1ccc(-c2ccc(N(c3ccccc3)c3ccc4c(c3)oc3c5ccc(N(c6ccccc6)c6ccc(-c7ccccc7)cc6)cc5sc43)cc2)cc1. The summed E-state index contributed by atoms with van der Waals surface area (Å²) in [5.74, 6) is 0. The van der Waals surface area contributed by atoms with E-state index < -0.39 is 0 Å². The van der Waals surface area contributed by atoms with Gasteiger partial charge >= 0.3 is 0 Å². The molecule has 0 radical (unpaired) electrons. The molecule has 256 valence electrons. The number of anilines is 6. The highest BCUT2D eigenvalue weighted by atomic mass is 32.1. The molecule has 2 aromatic heterocycles. The van der Waals surface area contributed by atoms with E-state index in [9.17, 15) is 0 Å². The molecule has 0 bridgehead atoms. The highest BCUT2D eigenvalue weighted by Crippen LogP contribution is 2.46. The number of fused-ring (bicyclic) bond motifs is 5.